The van der Waals surface area contributed by atoms with Gasteiger partial charge >= 0.3 is 11.1 Å². The molecule has 1 N–H and O–H groups in total. The minimum atomic E-state index is -0.600. The van der Waals surface area contributed by atoms with Gasteiger partial charge in [0.05, 0.1) is 18.7 Å². The van der Waals surface area contributed by atoms with Gasteiger partial charge in [0, 0.05) is 30.4 Å². The Labute approximate surface area is 196 Å². The third-order valence-electron chi connectivity index (χ3n) is 5.57. The van der Waals surface area contributed by atoms with Crippen LogP contribution in [0.25, 0.3) is 11.2 Å². The molecule has 0 aliphatic rings. The number of nitrogens with zero attached hydrogens (tertiary/aromatic N) is 3. The fourth-order valence-corrected chi connectivity index (χ4v) is 3.86. The van der Waals surface area contributed by atoms with Gasteiger partial charge in [0.15, 0.2) is 5.65 Å². The van der Waals surface area contributed by atoms with Crippen molar-refractivity contribution in [2.24, 2.45) is 0 Å². The Bertz CT molecular complexity index is 1440. The zero-order valence-electron chi connectivity index (χ0n) is 19.2. The summed E-state index contributed by atoms with van der Waals surface area (Å²) in [6, 6.07) is 18.1. The highest BCUT2D eigenvalue weighted by Crippen LogP contribution is 2.18. The number of carbonyl (C=O) groups is 1. The fraction of sp³-hybridized carbons (Fsp3) is 0.231. The Kier molecular flexibility index (Phi) is 6.87. The first kappa shape index (κ1) is 23.0. The lowest BCUT2D eigenvalue weighted by Gasteiger charge is -2.13. The lowest BCUT2D eigenvalue weighted by Crippen LogP contribution is -2.41. The van der Waals surface area contributed by atoms with Gasteiger partial charge in [0.1, 0.15) is 5.75 Å². The second-order valence-corrected chi connectivity index (χ2v) is 7.71. The van der Waals surface area contributed by atoms with E-state index in [1.807, 2.05) is 31.2 Å². The highest BCUT2D eigenvalue weighted by Gasteiger charge is 2.14. The minimum absolute atomic E-state index is 0.199. The number of rotatable bonds is 8. The molecular weight excluding hydrogens is 432 g/mol. The SMILES string of the molecule is CCOc1ccccc1CNC(=O)c1ccc(Cn2c(=O)c(=O)n(CC)c3ncccc32)cc1. The van der Waals surface area contributed by atoms with Gasteiger partial charge in [0.2, 0.25) is 0 Å². The first-order chi connectivity index (χ1) is 16.5. The molecule has 0 atom stereocenters. The van der Waals surface area contributed by atoms with Crippen LogP contribution in [0.15, 0.2) is 76.4 Å². The number of amides is 1. The van der Waals surface area contributed by atoms with Crippen LogP contribution >= 0.6 is 0 Å². The highest BCUT2D eigenvalue weighted by atomic mass is 16.5. The number of ether oxygens (including phenoxy) is 1. The van der Waals surface area contributed by atoms with Gasteiger partial charge in [-0.2, -0.15) is 0 Å². The molecule has 0 fully saturated rings. The maximum absolute atomic E-state index is 12.8. The Morgan fingerprint density at radius 1 is 0.941 bits per heavy atom. The van der Waals surface area contributed by atoms with E-state index in [0.29, 0.717) is 36.4 Å². The highest BCUT2D eigenvalue weighted by molar-refractivity contribution is 5.94. The van der Waals surface area contributed by atoms with Crippen LogP contribution in [-0.2, 0) is 19.6 Å². The Morgan fingerprint density at radius 3 is 2.41 bits per heavy atom. The smallest absolute Gasteiger partial charge is 0.318 e. The first-order valence-electron chi connectivity index (χ1n) is 11.2. The molecule has 174 valence electrons. The number of nitrogens with one attached hydrogen (secondary N) is 1. The number of hydrogen-bond acceptors (Lipinski definition) is 5. The van der Waals surface area contributed by atoms with Gasteiger partial charge in [0.25, 0.3) is 5.91 Å². The molecule has 1 amide bonds. The molecular formula is C26H26N4O4. The van der Waals surface area contributed by atoms with E-state index in [2.05, 4.69) is 10.3 Å². The standard InChI is InChI=1S/C26H26N4O4/c1-3-29-23-21(9-7-15-27-23)30(26(33)25(29)32)17-18-11-13-19(14-12-18)24(31)28-16-20-8-5-6-10-22(20)34-4-2/h5-15H,3-4,16-17H2,1-2H3,(H,28,31). The third kappa shape index (κ3) is 4.61. The van der Waals surface area contributed by atoms with Crippen molar-refractivity contribution in [1.82, 2.24) is 19.4 Å². The Balaban J connectivity index is 1.53. The quantitative estimate of drug-likeness (QED) is 0.410. The van der Waals surface area contributed by atoms with Crippen molar-refractivity contribution >= 4 is 17.1 Å². The minimum Gasteiger partial charge on any atom is -0.494 e. The van der Waals surface area contributed by atoms with Crippen molar-refractivity contribution in [1.29, 1.82) is 0 Å². The molecule has 34 heavy (non-hydrogen) atoms. The zero-order chi connectivity index (χ0) is 24.1. The van der Waals surface area contributed by atoms with Crippen molar-refractivity contribution in [3.05, 3.63) is 104 Å². The first-order valence-corrected chi connectivity index (χ1v) is 11.2. The molecule has 4 rings (SSSR count). The van der Waals surface area contributed by atoms with Gasteiger partial charge in [-0.25, -0.2) is 4.98 Å². The molecule has 0 saturated heterocycles. The van der Waals surface area contributed by atoms with Crippen molar-refractivity contribution < 1.29 is 9.53 Å². The van der Waals surface area contributed by atoms with E-state index in [1.54, 1.807) is 49.5 Å². The third-order valence-corrected chi connectivity index (χ3v) is 5.57. The molecule has 0 unspecified atom stereocenters. The maximum Gasteiger partial charge on any atom is 0.318 e. The Hall–Kier alpha value is -4.20. The second kappa shape index (κ2) is 10.2. The summed E-state index contributed by atoms with van der Waals surface area (Å²) in [7, 11) is 0. The van der Waals surface area contributed by atoms with Crippen molar-refractivity contribution in [3.63, 3.8) is 0 Å². The van der Waals surface area contributed by atoms with Crippen molar-refractivity contribution in [3.8, 4) is 5.75 Å². The molecule has 2 aromatic carbocycles. The second-order valence-electron chi connectivity index (χ2n) is 7.71. The molecule has 0 aliphatic carbocycles. The lowest BCUT2D eigenvalue weighted by atomic mass is 10.1. The average molecular weight is 459 g/mol. The summed E-state index contributed by atoms with van der Waals surface area (Å²) in [5, 5.41) is 2.91. The molecule has 0 saturated carbocycles. The maximum atomic E-state index is 12.8. The molecule has 8 nitrogen and oxygen atoms in total. The van der Waals surface area contributed by atoms with Crippen LogP contribution in [0, 0.1) is 0 Å². The molecule has 0 spiro atoms. The predicted molar refractivity (Wildman–Crippen MR) is 130 cm³/mol. The van der Waals surface area contributed by atoms with E-state index in [-0.39, 0.29) is 12.5 Å². The zero-order valence-corrected chi connectivity index (χ0v) is 19.2. The van der Waals surface area contributed by atoms with E-state index >= 15 is 0 Å². The lowest BCUT2D eigenvalue weighted by molar-refractivity contribution is 0.0950. The summed E-state index contributed by atoms with van der Waals surface area (Å²) in [5.41, 5.74) is 2.05. The number of benzene rings is 2. The Morgan fingerprint density at radius 2 is 1.68 bits per heavy atom. The summed E-state index contributed by atoms with van der Waals surface area (Å²) in [5.74, 6) is 0.535. The van der Waals surface area contributed by atoms with Gasteiger partial charge < -0.3 is 10.1 Å². The molecule has 0 aliphatic heterocycles. The van der Waals surface area contributed by atoms with E-state index in [1.165, 1.54) is 9.13 Å². The summed E-state index contributed by atoms with van der Waals surface area (Å²) in [6.07, 6.45) is 1.60. The summed E-state index contributed by atoms with van der Waals surface area (Å²) in [4.78, 5) is 42.3. The molecule has 0 bridgehead atoms. The van der Waals surface area contributed by atoms with Crippen LogP contribution < -0.4 is 21.2 Å². The van der Waals surface area contributed by atoms with E-state index in [0.717, 1.165) is 16.9 Å². The van der Waals surface area contributed by atoms with Gasteiger partial charge in [-0.05, 0) is 49.7 Å². The number of para-hydroxylation sites is 1. The van der Waals surface area contributed by atoms with Gasteiger partial charge in [-0.3, -0.25) is 23.5 Å². The summed E-state index contributed by atoms with van der Waals surface area (Å²) >= 11 is 0. The van der Waals surface area contributed by atoms with Crippen LogP contribution in [0.2, 0.25) is 0 Å². The monoisotopic (exact) mass is 458 g/mol. The molecule has 2 heterocycles. The van der Waals surface area contributed by atoms with Gasteiger partial charge in [-0.1, -0.05) is 30.3 Å². The number of pyridine rings is 1. The average Bonchev–Trinajstić information content (AvgIpc) is 2.87. The number of aryl methyl sites for hydroxylation is 1. The molecule has 0 radical (unpaired) electrons. The predicted octanol–water partition coefficient (Wildman–Crippen LogP) is 2.96. The number of aromatic nitrogens is 3. The van der Waals surface area contributed by atoms with Crippen LogP contribution in [-0.4, -0.2) is 26.6 Å². The molecule has 8 heteroatoms. The summed E-state index contributed by atoms with van der Waals surface area (Å²) < 4.78 is 8.41. The largest absolute Gasteiger partial charge is 0.494 e. The topological polar surface area (TPSA) is 95.2 Å². The van der Waals surface area contributed by atoms with Crippen LogP contribution in [0.1, 0.15) is 35.3 Å². The van der Waals surface area contributed by atoms with Crippen LogP contribution in [0.5, 0.6) is 5.75 Å². The van der Waals surface area contributed by atoms with E-state index in [4.69, 9.17) is 4.74 Å². The normalized spacial score (nSPS) is 10.9. The van der Waals surface area contributed by atoms with E-state index in [9.17, 15) is 14.4 Å². The van der Waals surface area contributed by atoms with Crippen LogP contribution in [0.3, 0.4) is 0 Å². The van der Waals surface area contributed by atoms with Gasteiger partial charge in [-0.15, -0.1) is 0 Å². The number of carbonyl (C=O) groups excluding carboxylic acids is 1. The van der Waals surface area contributed by atoms with Crippen LogP contribution in [0.4, 0.5) is 0 Å². The fourth-order valence-electron chi connectivity index (χ4n) is 3.86. The summed E-state index contributed by atoms with van der Waals surface area (Å²) in [6.45, 7) is 5.18. The van der Waals surface area contributed by atoms with Crippen molar-refractivity contribution in [2.75, 3.05) is 6.61 Å². The molecule has 2 aromatic heterocycles. The molecule has 4 aromatic rings. The van der Waals surface area contributed by atoms with E-state index < -0.39 is 11.1 Å². The number of hydrogen-bond donors (Lipinski definition) is 1. The van der Waals surface area contributed by atoms with Crippen molar-refractivity contribution in [2.45, 2.75) is 33.5 Å². The number of fused-ring (bicyclic) bond motifs is 1.